The maximum atomic E-state index is 14.5. The first-order valence-corrected chi connectivity index (χ1v) is 23.9. The summed E-state index contributed by atoms with van der Waals surface area (Å²) in [5, 5.41) is 15.0. The molecule has 0 atom stereocenters. The predicted molar refractivity (Wildman–Crippen MR) is 257 cm³/mol. The zero-order valence-electron chi connectivity index (χ0n) is 40.2. The van der Waals surface area contributed by atoms with Crippen LogP contribution in [0.4, 0.5) is 25.0 Å². The number of pyridine rings is 2. The van der Waals surface area contributed by atoms with Crippen LogP contribution in [-0.4, -0.2) is 105 Å². The van der Waals surface area contributed by atoms with Crippen LogP contribution in [-0.2, 0) is 47.2 Å². The molecule has 4 heterocycles. The van der Waals surface area contributed by atoms with E-state index < -0.39 is 31.9 Å². The van der Waals surface area contributed by atoms with Gasteiger partial charge in [-0.1, -0.05) is 27.7 Å². The first kappa shape index (κ1) is 54.1. The molecule has 0 radical (unpaired) electrons. The Morgan fingerprint density at radius 3 is 1.59 bits per heavy atom. The third-order valence-corrected chi connectivity index (χ3v) is 11.9. The highest BCUT2D eigenvalue weighted by Gasteiger charge is 2.25. The lowest BCUT2D eigenvalue weighted by atomic mass is 9.94. The Labute approximate surface area is 396 Å². The molecule has 0 bridgehead atoms. The number of aryl methyl sites for hydroxylation is 2. The number of rotatable bonds is 14. The number of urea groups is 1. The Kier molecular flexibility index (Phi) is 18.3. The first-order chi connectivity index (χ1) is 31.7. The second-order valence-corrected chi connectivity index (χ2v) is 19.8. The number of amides is 2. The van der Waals surface area contributed by atoms with Crippen LogP contribution in [0.2, 0.25) is 0 Å². The van der Waals surface area contributed by atoms with Gasteiger partial charge in [0.15, 0.2) is 10.1 Å². The number of methoxy groups -OCH3 is 2. The number of nitrogen functional groups attached to an aromatic ring is 1. The Morgan fingerprint density at radius 1 is 0.706 bits per heavy atom. The Bertz CT molecular complexity index is 2940. The summed E-state index contributed by atoms with van der Waals surface area (Å²) < 4.78 is 91.1. The maximum absolute atomic E-state index is 14.5. The number of anilines is 2. The van der Waals surface area contributed by atoms with Crippen LogP contribution >= 0.6 is 0 Å². The van der Waals surface area contributed by atoms with Gasteiger partial charge in [-0.15, -0.1) is 0 Å². The van der Waals surface area contributed by atoms with E-state index in [-0.39, 0.29) is 33.4 Å². The SMILES string of the molecule is CN(C)Cc1cc(S(N)(=O)=O)nn1C.COc1cc(-c2cc(F)cc(C(C)C)c2N)ccn1.COc1cc(-c2cc(F)cc(C(C)C)c2NC(=O)NS(=O)(=O)c2cc(CN(C)C)n(C)n2)ccn1. The van der Waals surface area contributed by atoms with E-state index in [1.54, 1.807) is 51.7 Å². The number of primary sulfonamides is 1. The Hall–Kier alpha value is -6.53. The molecular weight excluding hydrogens is 923 g/mol. The smallest absolute Gasteiger partial charge is 0.333 e. The summed E-state index contributed by atoms with van der Waals surface area (Å²) in [5.41, 5.74) is 12.2. The van der Waals surface area contributed by atoms with Crippen LogP contribution in [0, 0.1) is 11.6 Å². The third kappa shape index (κ3) is 14.5. The number of sulfonamides is 2. The molecule has 4 aromatic heterocycles. The van der Waals surface area contributed by atoms with Gasteiger partial charge in [0.2, 0.25) is 11.8 Å². The fraction of sp³-hybridized carbons (Fsp3) is 0.356. The van der Waals surface area contributed by atoms with E-state index in [2.05, 4.69) is 25.5 Å². The average molecular weight is 983 g/mol. The van der Waals surface area contributed by atoms with E-state index in [1.807, 2.05) is 70.4 Å². The second kappa shape index (κ2) is 23.0. The lowest BCUT2D eigenvalue weighted by Crippen LogP contribution is -2.35. The van der Waals surface area contributed by atoms with Crippen molar-refractivity contribution in [2.45, 2.75) is 62.7 Å². The average Bonchev–Trinajstić information content (AvgIpc) is 3.82. The number of benzene rings is 2. The van der Waals surface area contributed by atoms with Crippen LogP contribution in [0.3, 0.4) is 0 Å². The molecule has 0 fully saturated rings. The van der Waals surface area contributed by atoms with Gasteiger partial charge in [0.05, 0.1) is 31.3 Å². The minimum absolute atomic E-state index is 0.0862. The largest absolute Gasteiger partial charge is 0.481 e. The highest BCUT2D eigenvalue weighted by molar-refractivity contribution is 7.90. The number of nitrogens with two attached hydrogens (primary N) is 2. The van der Waals surface area contributed by atoms with E-state index in [4.69, 9.17) is 20.3 Å². The summed E-state index contributed by atoms with van der Waals surface area (Å²) in [5.74, 6) is -0.0157. The monoisotopic (exact) mass is 982 g/mol. The van der Waals surface area contributed by atoms with Crippen LogP contribution in [0.25, 0.3) is 22.3 Å². The molecule has 0 saturated carbocycles. The van der Waals surface area contributed by atoms with Gasteiger partial charge in [-0.2, -0.15) is 18.6 Å². The molecule has 0 saturated heterocycles. The summed E-state index contributed by atoms with van der Waals surface area (Å²) in [7, 11) is 5.83. The number of hydrogen-bond donors (Lipinski definition) is 4. The number of hydrogen-bond acceptors (Lipinski definition) is 14. The van der Waals surface area contributed by atoms with Gasteiger partial charge in [0.1, 0.15) is 11.6 Å². The molecule has 0 aliphatic heterocycles. The van der Waals surface area contributed by atoms with Crippen molar-refractivity contribution in [3.8, 4) is 34.0 Å². The molecule has 2 amide bonds. The number of nitrogens with one attached hydrogen (secondary N) is 2. The minimum atomic E-state index is -4.26. The van der Waals surface area contributed by atoms with Crippen LogP contribution in [0.5, 0.6) is 11.8 Å². The van der Waals surface area contributed by atoms with Gasteiger partial charge in [0.25, 0.3) is 20.0 Å². The number of aromatic nitrogens is 6. The minimum Gasteiger partial charge on any atom is -0.481 e. The number of carbonyl (C=O) groups is 1. The second-order valence-electron chi connectivity index (χ2n) is 16.6. The highest BCUT2D eigenvalue weighted by atomic mass is 32.2. The van der Waals surface area contributed by atoms with Crippen molar-refractivity contribution in [3.63, 3.8) is 0 Å². The molecule has 0 aliphatic rings. The molecule has 68 heavy (non-hydrogen) atoms. The quantitative estimate of drug-likeness (QED) is 0.0907. The fourth-order valence-electron chi connectivity index (χ4n) is 6.66. The molecule has 2 aromatic carbocycles. The normalized spacial score (nSPS) is 11.6. The van der Waals surface area contributed by atoms with Crippen LogP contribution < -0.4 is 30.4 Å². The van der Waals surface area contributed by atoms with Crippen molar-refractivity contribution >= 4 is 37.5 Å². The van der Waals surface area contributed by atoms with Crippen molar-refractivity contribution in [1.29, 1.82) is 0 Å². The third-order valence-electron chi connectivity index (χ3n) is 9.96. The number of carbonyl (C=O) groups excluding carboxylic acids is 1. The van der Waals surface area contributed by atoms with Crippen LogP contribution in [0.15, 0.2) is 83.1 Å². The van der Waals surface area contributed by atoms with Gasteiger partial charge >= 0.3 is 6.03 Å². The molecule has 0 aliphatic carbocycles. The zero-order chi connectivity index (χ0) is 50.8. The molecule has 0 unspecified atom stereocenters. The molecule has 23 heteroatoms. The van der Waals surface area contributed by atoms with Crippen molar-refractivity contribution < 1.29 is 39.9 Å². The fourth-order valence-corrected chi connectivity index (χ4v) is 8.12. The maximum Gasteiger partial charge on any atom is 0.333 e. The molecule has 6 aromatic rings. The van der Waals surface area contributed by atoms with E-state index in [0.29, 0.717) is 58.5 Å². The summed E-state index contributed by atoms with van der Waals surface area (Å²) in [4.78, 5) is 24.7. The van der Waals surface area contributed by atoms with Crippen molar-refractivity contribution in [2.24, 2.45) is 19.2 Å². The Balaban J connectivity index is 0.000000254. The van der Waals surface area contributed by atoms with Gasteiger partial charge in [-0.05, 0) is 98.7 Å². The summed E-state index contributed by atoms with van der Waals surface area (Å²) in [6.45, 7) is 8.75. The Morgan fingerprint density at radius 2 is 1.15 bits per heavy atom. The molecular formula is C45H60F2N12O7S2. The van der Waals surface area contributed by atoms with E-state index in [9.17, 15) is 30.4 Å². The zero-order valence-corrected chi connectivity index (χ0v) is 41.8. The van der Waals surface area contributed by atoms with Crippen molar-refractivity contribution in [1.82, 2.24) is 44.1 Å². The topological polar surface area (TPSA) is 248 Å². The van der Waals surface area contributed by atoms with Gasteiger partial charge in [-0.25, -0.2) is 41.8 Å². The van der Waals surface area contributed by atoms with Gasteiger partial charge in [-0.3, -0.25) is 9.36 Å². The van der Waals surface area contributed by atoms with E-state index in [0.717, 1.165) is 16.8 Å². The summed E-state index contributed by atoms with van der Waals surface area (Å²) in [6.07, 6.45) is 3.11. The molecule has 6 rings (SSSR count). The number of nitrogens with zero attached hydrogens (tertiary/aromatic N) is 8. The van der Waals surface area contributed by atoms with Crippen molar-refractivity contribution in [3.05, 3.63) is 107 Å². The summed E-state index contributed by atoms with van der Waals surface area (Å²) in [6, 6.07) is 14.2. The molecule has 6 N–H and O–H groups in total. The highest BCUT2D eigenvalue weighted by Crippen LogP contribution is 2.37. The van der Waals surface area contributed by atoms with Crippen LogP contribution in [0.1, 0.15) is 62.0 Å². The summed E-state index contributed by atoms with van der Waals surface area (Å²) >= 11 is 0. The standard InChI is InChI=1S/C23H29FN6O4S.C15H17FN2O.C7H14N4O2S/c1-14(2)18-10-16(24)11-19(15-7-8-25-20(9-15)34-6)22(18)26-23(31)28-35(32,33)21-12-17(13-29(3)4)30(5)27-21;1-9(2)12-7-11(16)8-13(15(12)17)10-4-5-18-14(6-10)19-3;1-10(2)5-6-4-7(9-11(6)3)14(8,12)13/h7-12,14H,13H2,1-6H3,(H2,26,28,31);4-9H,17H2,1-3H3;4H,5H2,1-3H3,(H2,8,12,13). The molecule has 368 valence electrons. The molecule has 0 spiro atoms. The van der Waals surface area contributed by atoms with Gasteiger partial charge in [0, 0.05) is 80.7 Å². The van der Waals surface area contributed by atoms with Gasteiger partial charge < -0.3 is 30.3 Å². The first-order valence-electron chi connectivity index (χ1n) is 20.9. The van der Waals surface area contributed by atoms with E-state index >= 15 is 0 Å². The van der Waals surface area contributed by atoms with Crippen molar-refractivity contribution in [2.75, 3.05) is 53.5 Å². The number of halogens is 2. The number of ether oxygens (including phenoxy) is 2. The lowest BCUT2D eigenvalue weighted by molar-refractivity contribution is 0.256. The van der Waals surface area contributed by atoms with E-state index in [1.165, 1.54) is 59.1 Å². The molecule has 19 nitrogen and oxygen atoms in total. The predicted octanol–water partition coefficient (Wildman–Crippen LogP) is 6.06. The lowest BCUT2D eigenvalue weighted by Gasteiger charge is -2.19.